The highest BCUT2D eigenvalue weighted by Crippen LogP contribution is 2.31. The van der Waals surface area contributed by atoms with Crippen LogP contribution in [0.25, 0.3) is 0 Å². The molecule has 0 unspecified atom stereocenters. The van der Waals surface area contributed by atoms with Crippen LogP contribution in [0.5, 0.6) is 0 Å². The summed E-state index contributed by atoms with van der Waals surface area (Å²) in [5.41, 5.74) is 4.58. The fourth-order valence-electron chi connectivity index (χ4n) is 4.26. The number of hydrogen-bond donors (Lipinski definition) is 3. The van der Waals surface area contributed by atoms with Crippen LogP contribution in [0.1, 0.15) is 61.4 Å². The van der Waals surface area contributed by atoms with E-state index in [0.29, 0.717) is 24.9 Å². The van der Waals surface area contributed by atoms with Crippen molar-refractivity contribution in [2.75, 3.05) is 6.54 Å². The first-order valence-corrected chi connectivity index (χ1v) is 11.7. The number of carbonyl (C=O) groups is 1. The minimum absolute atomic E-state index is 0.100. The number of fused-ring (bicyclic) bond motifs is 1. The molecule has 1 aliphatic rings. The number of hydrogen-bond acceptors (Lipinski definition) is 3. The highest BCUT2D eigenvalue weighted by Gasteiger charge is 2.25. The van der Waals surface area contributed by atoms with Crippen LogP contribution in [0.2, 0.25) is 0 Å². The second-order valence-corrected chi connectivity index (χ2v) is 8.98. The van der Waals surface area contributed by atoms with Gasteiger partial charge < -0.3 is 10.6 Å². The van der Waals surface area contributed by atoms with Crippen LogP contribution in [0.3, 0.4) is 0 Å². The zero-order valence-corrected chi connectivity index (χ0v) is 19.2. The van der Waals surface area contributed by atoms with Gasteiger partial charge in [0.15, 0.2) is 0 Å². The van der Waals surface area contributed by atoms with E-state index >= 15 is 0 Å². The smallest absolute Gasteiger partial charge is 0.219 e. The number of halogens is 2. The first-order chi connectivity index (χ1) is 14.9. The van der Waals surface area contributed by atoms with E-state index in [9.17, 15) is 13.6 Å². The molecule has 0 aromatic heterocycles. The number of amides is 1. The number of thiol groups is 1. The second-order valence-electron chi connectivity index (χ2n) is 8.32. The van der Waals surface area contributed by atoms with Crippen LogP contribution >= 0.6 is 12.6 Å². The highest BCUT2D eigenvalue weighted by atomic mass is 32.1. The van der Waals surface area contributed by atoms with Crippen molar-refractivity contribution in [3.63, 3.8) is 0 Å². The van der Waals surface area contributed by atoms with Gasteiger partial charge >= 0.3 is 0 Å². The SMILES string of the molecule is CCC(=O)N[C@@H](Cc1cc(F)cc(F)c1)[C@H](S)CN[C@H]1CCCc2ccc(CC)cc21. The molecule has 3 atom stereocenters. The van der Waals surface area contributed by atoms with E-state index in [2.05, 4.69) is 35.8 Å². The van der Waals surface area contributed by atoms with Crippen molar-refractivity contribution in [2.45, 2.75) is 69.7 Å². The Labute approximate surface area is 189 Å². The van der Waals surface area contributed by atoms with E-state index in [-0.39, 0.29) is 23.2 Å². The largest absolute Gasteiger partial charge is 0.352 e. The molecule has 0 heterocycles. The lowest BCUT2D eigenvalue weighted by atomic mass is 9.86. The van der Waals surface area contributed by atoms with Gasteiger partial charge in [0.2, 0.25) is 5.91 Å². The maximum Gasteiger partial charge on any atom is 0.219 e. The van der Waals surface area contributed by atoms with E-state index in [1.807, 2.05) is 0 Å². The van der Waals surface area contributed by atoms with Crippen molar-refractivity contribution in [1.82, 2.24) is 10.6 Å². The van der Waals surface area contributed by atoms with Gasteiger partial charge in [0, 0.05) is 36.4 Å². The van der Waals surface area contributed by atoms with Crippen LogP contribution in [0.4, 0.5) is 8.78 Å². The van der Waals surface area contributed by atoms with Crippen molar-refractivity contribution in [3.8, 4) is 0 Å². The number of rotatable bonds is 9. The van der Waals surface area contributed by atoms with Gasteiger partial charge in [-0.15, -0.1) is 0 Å². The van der Waals surface area contributed by atoms with Crippen molar-refractivity contribution in [2.24, 2.45) is 0 Å². The third-order valence-electron chi connectivity index (χ3n) is 6.02. The Balaban J connectivity index is 1.70. The van der Waals surface area contributed by atoms with Crippen LogP contribution in [-0.2, 0) is 24.1 Å². The number of carbonyl (C=O) groups excluding carboxylic acids is 1. The molecule has 0 spiro atoms. The summed E-state index contributed by atoms with van der Waals surface area (Å²) in [6.07, 6.45) is 4.95. The Kier molecular flexibility index (Phi) is 8.50. The Hall–Kier alpha value is -1.92. The van der Waals surface area contributed by atoms with E-state index < -0.39 is 11.6 Å². The molecule has 0 radical (unpaired) electrons. The minimum atomic E-state index is -0.616. The summed E-state index contributed by atoms with van der Waals surface area (Å²) in [6.45, 7) is 4.52. The molecule has 2 aromatic rings. The van der Waals surface area contributed by atoms with Gasteiger partial charge in [-0.05, 0) is 66.5 Å². The molecule has 1 aliphatic carbocycles. The zero-order chi connectivity index (χ0) is 22.4. The van der Waals surface area contributed by atoms with Crippen LogP contribution in [0.15, 0.2) is 36.4 Å². The average Bonchev–Trinajstić information content (AvgIpc) is 2.75. The zero-order valence-electron chi connectivity index (χ0n) is 18.3. The van der Waals surface area contributed by atoms with E-state index in [4.69, 9.17) is 12.6 Å². The van der Waals surface area contributed by atoms with Crippen molar-refractivity contribution >= 4 is 18.5 Å². The molecule has 6 heteroatoms. The van der Waals surface area contributed by atoms with Gasteiger partial charge in [-0.25, -0.2) is 8.78 Å². The molecule has 0 saturated heterocycles. The summed E-state index contributed by atoms with van der Waals surface area (Å²) in [4.78, 5) is 12.1. The molecule has 0 fully saturated rings. The number of nitrogens with one attached hydrogen (secondary N) is 2. The summed E-state index contributed by atoms with van der Waals surface area (Å²) in [5, 5.41) is 6.41. The fourth-order valence-corrected chi connectivity index (χ4v) is 4.55. The van der Waals surface area contributed by atoms with Crippen molar-refractivity contribution in [3.05, 3.63) is 70.3 Å². The molecular weight excluding hydrogens is 414 g/mol. The topological polar surface area (TPSA) is 41.1 Å². The standard InChI is InChI=1S/C25H32F2N2OS/c1-3-16-8-9-18-6-5-7-22(21(18)12-16)28-15-24(31)23(29-25(30)4-2)13-17-10-19(26)14-20(27)11-17/h8-12,14,22-24,28,31H,3-7,13,15H2,1-2H3,(H,29,30)/t22-,23-,24+/m0/s1. The van der Waals surface area contributed by atoms with Gasteiger partial charge in [0.05, 0.1) is 0 Å². The molecule has 2 aromatic carbocycles. The molecule has 1 amide bonds. The Bertz CT molecular complexity index is 885. The normalized spacial score (nSPS) is 17.6. The molecule has 168 valence electrons. The first kappa shape index (κ1) is 23.7. The molecule has 2 N–H and O–H groups in total. The highest BCUT2D eigenvalue weighted by molar-refractivity contribution is 7.81. The summed E-state index contributed by atoms with van der Waals surface area (Å²) in [6, 6.07) is 10.1. The summed E-state index contributed by atoms with van der Waals surface area (Å²) in [5.74, 6) is -1.33. The van der Waals surface area contributed by atoms with Gasteiger partial charge in [-0.1, -0.05) is 32.0 Å². The lowest BCUT2D eigenvalue weighted by molar-refractivity contribution is -0.121. The molecule has 0 bridgehead atoms. The van der Waals surface area contributed by atoms with Gasteiger partial charge in [-0.3, -0.25) is 4.79 Å². The van der Waals surface area contributed by atoms with E-state index in [0.717, 1.165) is 31.7 Å². The lowest BCUT2D eigenvalue weighted by Gasteiger charge is -2.30. The maximum atomic E-state index is 13.6. The monoisotopic (exact) mass is 446 g/mol. The Morgan fingerprint density at radius 3 is 2.55 bits per heavy atom. The molecule has 0 aliphatic heterocycles. The fraction of sp³-hybridized carbons (Fsp3) is 0.480. The number of aryl methyl sites for hydroxylation is 2. The van der Waals surface area contributed by atoms with Crippen molar-refractivity contribution in [1.29, 1.82) is 0 Å². The lowest BCUT2D eigenvalue weighted by Crippen LogP contribution is -2.46. The molecule has 31 heavy (non-hydrogen) atoms. The molecule has 3 rings (SSSR count). The predicted molar refractivity (Wildman–Crippen MR) is 125 cm³/mol. The second kappa shape index (κ2) is 11.1. The molecule has 0 saturated carbocycles. The van der Waals surface area contributed by atoms with Crippen LogP contribution in [0, 0.1) is 11.6 Å². The van der Waals surface area contributed by atoms with Gasteiger partial charge in [0.1, 0.15) is 11.6 Å². The summed E-state index contributed by atoms with van der Waals surface area (Å²) < 4.78 is 27.3. The third-order valence-corrected chi connectivity index (χ3v) is 6.56. The molecular formula is C25H32F2N2OS. The summed E-state index contributed by atoms with van der Waals surface area (Å²) >= 11 is 4.76. The quantitative estimate of drug-likeness (QED) is 0.478. The average molecular weight is 447 g/mol. The first-order valence-electron chi connectivity index (χ1n) is 11.2. The maximum absolute atomic E-state index is 13.6. The van der Waals surface area contributed by atoms with E-state index in [1.165, 1.54) is 28.8 Å². The van der Waals surface area contributed by atoms with Gasteiger partial charge in [-0.2, -0.15) is 12.6 Å². The minimum Gasteiger partial charge on any atom is -0.352 e. The Morgan fingerprint density at radius 2 is 1.87 bits per heavy atom. The third kappa shape index (κ3) is 6.53. The number of benzene rings is 2. The van der Waals surface area contributed by atoms with Crippen LogP contribution < -0.4 is 10.6 Å². The predicted octanol–water partition coefficient (Wildman–Crippen LogP) is 4.93. The molecule has 3 nitrogen and oxygen atoms in total. The summed E-state index contributed by atoms with van der Waals surface area (Å²) in [7, 11) is 0. The van der Waals surface area contributed by atoms with E-state index in [1.54, 1.807) is 6.92 Å². The van der Waals surface area contributed by atoms with Crippen LogP contribution in [-0.4, -0.2) is 23.7 Å². The Morgan fingerprint density at radius 1 is 1.13 bits per heavy atom. The van der Waals surface area contributed by atoms with Crippen molar-refractivity contribution < 1.29 is 13.6 Å². The van der Waals surface area contributed by atoms with Gasteiger partial charge in [0.25, 0.3) is 0 Å².